The predicted molar refractivity (Wildman–Crippen MR) is 81.7 cm³/mol. The molecule has 0 aliphatic carbocycles. The molecule has 4 nitrogen and oxygen atoms in total. The van der Waals surface area contributed by atoms with Gasteiger partial charge in [-0.1, -0.05) is 11.8 Å². The normalized spacial score (nSPS) is 23.1. The quantitative estimate of drug-likeness (QED) is 0.798. The lowest BCUT2D eigenvalue weighted by molar-refractivity contribution is 0.154. The van der Waals surface area contributed by atoms with E-state index in [1.165, 1.54) is 4.88 Å². The van der Waals surface area contributed by atoms with Crippen molar-refractivity contribution in [3.8, 4) is 11.8 Å². The van der Waals surface area contributed by atoms with E-state index in [9.17, 15) is 5.11 Å². The van der Waals surface area contributed by atoms with E-state index in [1.807, 2.05) is 5.38 Å². The fourth-order valence-corrected chi connectivity index (χ4v) is 3.43. The van der Waals surface area contributed by atoms with Crippen LogP contribution in [0.5, 0.6) is 0 Å². The standard InChI is InChI=1S/C15H22N2O2S/c1-16(2)13-7-14(10-19)17(8-13)9-15-6-12(11-20-15)4-3-5-18/h6,11,13-14,18-19H,5,7-10H2,1-2H3/t13-,14+/m1/s1. The lowest BCUT2D eigenvalue weighted by Gasteiger charge is -2.22. The number of hydrogen-bond donors (Lipinski definition) is 2. The molecule has 0 bridgehead atoms. The minimum atomic E-state index is -0.103. The van der Waals surface area contributed by atoms with Gasteiger partial charge in [0.1, 0.15) is 6.61 Å². The second-order valence-electron chi connectivity index (χ2n) is 5.38. The Balaban J connectivity index is 1.99. The molecule has 1 aromatic heterocycles. The van der Waals surface area contributed by atoms with E-state index in [4.69, 9.17) is 5.11 Å². The molecule has 2 atom stereocenters. The van der Waals surface area contributed by atoms with E-state index in [0.29, 0.717) is 6.04 Å². The minimum Gasteiger partial charge on any atom is -0.395 e. The van der Waals surface area contributed by atoms with Crippen molar-refractivity contribution in [3.05, 3.63) is 21.9 Å². The van der Waals surface area contributed by atoms with Crippen LogP contribution in [0.1, 0.15) is 16.9 Å². The zero-order chi connectivity index (χ0) is 14.5. The summed E-state index contributed by atoms with van der Waals surface area (Å²) in [6, 6.07) is 2.84. The Morgan fingerprint density at radius 3 is 2.90 bits per heavy atom. The van der Waals surface area contributed by atoms with Crippen molar-refractivity contribution in [2.45, 2.75) is 25.0 Å². The van der Waals surface area contributed by atoms with Crippen molar-refractivity contribution in [1.29, 1.82) is 0 Å². The molecule has 2 heterocycles. The summed E-state index contributed by atoms with van der Waals surface area (Å²) in [4.78, 5) is 5.83. The fraction of sp³-hybridized carbons (Fsp3) is 0.600. The van der Waals surface area contributed by atoms with E-state index in [0.717, 1.165) is 25.1 Å². The third-order valence-corrected chi connectivity index (χ3v) is 4.69. The molecule has 0 radical (unpaired) electrons. The summed E-state index contributed by atoms with van der Waals surface area (Å²) < 4.78 is 0. The highest BCUT2D eigenvalue weighted by molar-refractivity contribution is 7.10. The number of likely N-dealkylation sites (N-methyl/N-ethyl adjacent to an activating group) is 1. The summed E-state index contributed by atoms with van der Waals surface area (Å²) in [5, 5.41) is 20.2. The number of rotatable bonds is 4. The molecule has 1 saturated heterocycles. The van der Waals surface area contributed by atoms with Gasteiger partial charge in [0.15, 0.2) is 0 Å². The molecule has 1 aliphatic rings. The monoisotopic (exact) mass is 294 g/mol. The van der Waals surface area contributed by atoms with Crippen molar-refractivity contribution in [2.24, 2.45) is 0 Å². The molecule has 20 heavy (non-hydrogen) atoms. The zero-order valence-corrected chi connectivity index (χ0v) is 12.9. The lowest BCUT2D eigenvalue weighted by atomic mass is 10.1. The number of aliphatic hydroxyl groups is 2. The van der Waals surface area contributed by atoms with E-state index < -0.39 is 0 Å². The highest BCUT2D eigenvalue weighted by Gasteiger charge is 2.32. The first-order valence-electron chi connectivity index (χ1n) is 6.82. The van der Waals surface area contributed by atoms with E-state index in [-0.39, 0.29) is 19.3 Å². The summed E-state index contributed by atoms with van der Waals surface area (Å²) in [6.07, 6.45) is 1.02. The Bertz CT molecular complexity index is 490. The van der Waals surface area contributed by atoms with Crippen molar-refractivity contribution in [3.63, 3.8) is 0 Å². The molecule has 5 heteroatoms. The lowest BCUT2D eigenvalue weighted by Crippen LogP contribution is -2.33. The summed E-state index contributed by atoms with van der Waals surface area (Å²) in [5.41, 5.74) is 0.961. The predicted octanol–water partition coefficient (Wildman–Crippen LogP) is 0.589. The van der Waals surface area contributed by atoms with Gasteiger partial charge in [0, 0.05) is 41.0 Å². The first-order chi connectivity index (χ1) is 9.63. The average Bonchev–Trinajstić information content (AvgIpc) is 3.03. The number of hydrogen-bond acceptors (Lipinski definition) is 5. The molecular formula is C15H22N2O2S. The third-order valence-electron chi connectivity index (χ3n) is 3.77. The van der Waals surface area contributed by atoms with Crippen LogP contribution in [0.2, 0.25) is 0 Å². The molecule has 1 aliphatic heterocycles. The zero-order valence-electron chi connectivity index (χ0n) is 12.0. The van der Waals surface area contributed by atoms with Gasteiger partial charge in [-0.3, -0.25) is 4.90 Å². The molecule has 110 valence electrons. The summed E-state index contributed by atoms with van der Waals surface area (Å²) in [6.45, 7) is 1.97. The Morgan fingerprint density at radius 2 is 2.25 bits per heavy atom. The summed E-state index contributed by atoms with van der Waals surface area (Å²) in [7, 11) is 4.19. The number of likely N-dealkylation sites (tertiary alicyclic amines) is 1. The van der Waals surface area contributed by atoms with E-state index in [1.54, 1.807) is 11.3 Å². The highest BCUT2D eigenvalue weighted by atomic mass is 32.1. The maximum atomic E-state index is 9.53. The largest absolute Gasteiger partial charge is 0.395 e. The second-order valence-corrected chi connectivity index (χ2v) is 6.38. The molecule has 0 spiro atoms. The van der Waals surface area contributed by atoms with Crippen LogP contribution in [-0.4, -0.2) is 66.0 Å². The molecule has 0 aromatic carbocycles. The van der Waals surface area contributed by atoms with Crippen LogP contribution in [0.25, 0.3) is 0 Å². The van der Waals surface area contributed by atoms with Crippen molar-refractivity contribution < 1.29 is 10.2 Å². The van der Waals surface area contributed by atoms with Crippen LogP contribution < -0.4 is 0 Å². The first kappa shape index (κ1) is 15.5. The third kappa shape index (κ3) is 3.81. The molecule has 0 amide bonds. The summed E-state index contributed by atoms with van der Waals surface area (Å²) in [5.74, 6) is 5.59. The van der Waals surface area contributed by atoms with Gasteiger partial charge < -0.3 is 15.1 Å². The molecular weight excluding hydrogens is 272 g/mol. The van der Waals surface area contributed by atoms with Crippen molar-refractivity contribution in [2.75, 3.05) is 33.9 Å². The molecule has 2 rings (SSSR count). The van der Waals surface area contributed by atoms with Gasteiger partial charge in [-0.15, -0.1) is 11.3 Å². The summed E-state index contributed by atoms with van der Waals surface area (Å²) >= 11 is 1.69. The number of thiophene rings is 1. The Labute approximate surface area is 124 Å². The number of aliphatic hydroxyl groups excluding tert-OH is 2. The van der Waals surface area contributed by atoms with E-state index >= 15 is 0 Å². The van der Waals surface area contributed by atoms with Crippen LogP contribution in [-0.2, 0) is 6.54 Å². The van der Waals surface area contributed by atoms with Crippen LogP contribution >= 0.6 is 11.3 Å². The van der Waals surface area contributed by atoms with Gasteiger partial charge in [0.25, 0.3) is 0 Å². The van der Waals surface area contributed by atoms with Crippen LogP contribution in [0.4, 0.5) is 0 Å². The fourth-order valence-electron chi connectivity index (χ4n) is 2.59. The average molecular weight is 294 g/mol. The molecule has 0 unspecified atom stereocenters. The smallest absolute Gasteiger partial charge is 0.104 e. The topological polar surface area (TPSA) is 46.9 Å². The van der Waals surface area contributed by atoms with Gasteiger partial charge in [0.2, 0.25) is 0 Å². The Morgan fingerprint density at radius 1 is 1.45 bits per heavy atom. The van der Waals surface area contributed by atoms with Gasteiger partial charge >= 0.3 is 0 Å². The van der Waals surface area contributed by atoms with Gasteiger partial charge in [0.05, 0.1) is 6.61 Å². The maximum Gasteiger partial charge on any atom is 0.104 e. The van der Waals surface area contributed by atoms with Crippen LogP contribution in [0.3, 0.4) is 0 Å². The Hall–Kier alpha value is -0.900. The van der Waals surface area contributed by atoms with Gasteiger partial charge in [-0.25, -0.2) is 0 Å². The van der Waals surface area contributed by atoms with Crippen LogP contribution in [0.15, 0.2) is 11.4 Å². The molecule has 1 aromatic rings. The minimum absolute atomic E-state index is 0.103. The van der Waals surface area contributed by atoms with Crippen molar-refractivity contribution >= 4 is 11.3 Å². The maximum absolute atomic E-state index is 9.53. The first-order valence-corrected chi connectivity index (χ1v) is 7.70. The highest BCUT2D eigenvalue weighted by Crippen LogP contribution is 2.25. The molecule has 0 saturated carbocycles. The van der Waals surface area contributed by atoms with Crippen molar-refractivity contribution in [1.82, 2.24) is 9.80 Å². The van der Waals surface area contributed by atoms with Crippen LogP contribution in [0, 0.1) is 11.8 Å². The number of nitrogens with zero attached hydrogens (tertiary/aromatic N) is 2. The Kier molecular flexibility index (Phi) is 5.58. The van der Waals surface area contributed by atoms with E-state index in [2.05, 4.69) is 41.8 Å². The van der Waals surface area contributed by atoms with Gasteiger partial charge in [-0.05, 0) is 26.6 Å². The molecule has 2 N–H and O–H groups in total. The molecule has 1 fully saturated rings. The van der Waals surface area contributed by atoms with Gasteiger partial charge in [-0.2, -0.15) is 0 Å². The second kappa shape index (κ2) is 7.21. The SMILES string of the molecule is CN(C)[C@@H]1C[C@@H](CO)N(Cc2cc(C#CCO)cs2)C1.